The van der Waals surface area contributed by atoms with Gasteiger partial charge in [0.2, 0.25) is 11.8 Å². The van der Waals surface area contributed by atoms with E-state index in [-0.39, 0.29) is 24.2 Å². The number of benzene rings is 1. The zero-order valence-corrected chi connectivity index (χ0v) is 13.8. The molecule has 7 heteroatoms. The van der Waals surface area contributed by atoms with Crippen LogP contribution in [0.5, 0.6) is 0 Å². The highest BCUT2D eigenvalue weighted by atomic mass is 19.1. The molecule has 6 nitrogen and oxygen atoms in total. The molecule has 2 aromatic heterocycles. The highest BCUT2D eigenvalue weighted by Crippen LogP contribution is 2.24. The Morgan fingerprint density at radius 2 is 2.21 bits per heavy atom. The van der Waals surface area contributed by atoms with Crippen molar-refractivity contribution in [1.82, 2.24) is 20.4 Å². The van der Waals surface area contributed by atoms with Gasteiger partial charge in [-0.25, -0.2) is 4.39 Å². The van der Waals surface area contributed by atoms with Crippen LogP contribution < -0.4 is 5.32 Å². The van der Waals surface area contributed by atoms with E-state index in [1.807, 2.05) is 13.8 Å². The molecule has 1 atom stereocenters. The van der Waals surface area contributed by atoms with Crippen LogP contribution in [0.3, 0.4) is 0 Å². The molecule has 2 heterocycles. The summed E-state index contributed by atoms with van der Waals surface area (Å²) in [6.07, 6.45) is 0.800. The first kappa shape index (κ1) is 16.2. The molecule has 0 bridgehead atoms. The number of carbonyl (C=O) groups excluding carboxylic acids is 1. The Kier molecular flexibility index (Phi) is 4.33. The number of amides is 1. The summed E-state index contributed by atoms with van der Waals surface area (Å²) in [6, 6.07) is 4.21. The Morgan fingerprint density at radius 1 is 1.42 bits per heavy atom. The van der Waals surface area contributed by atoms with Crippen molar-refractivity contribution in [1.29, 1.82) is 0 Å². The number of nitrogens with one attached hydrogen (secondary N) is 2. The van der Waals surface area contributed by atoms with Gasteiger partial charge in [0.05, 0.1) is 12.5 Å². The van der Waals surface area contributed by atoms with Gasteiger partial charge in [0.1, 0.15) is 5.82 Å². The number of nitrogens with zero attached hydrogens (tertiary/aromatic N) is 2. The van der Waals surface area contributed by atoms with Crippen LogP contribution >= 0.6 is 0 Å². The van der Waals surface area contributed by atoms with Crippen molar-refractivity contribution < 1.29 is 13.7 Å². The summed E-state index contributed by atoms with van der Waals surface area (Å²) >= 11 is 0. The Labute approximate surface area is 138 Å². The first-order valence-electron chi connectivity index (χ1n) is 7.84. The van der Waals surface area contributed by atoms with Crippen molar-refractivity contribution >= 4 is 16.8 Å². The normalized spacial score (nSPS) is 12.5. The molecule has 24 heavy (non-hydrogen) atoms. The minimum absolute atomic E-state index is 0.155. The van der Waals surface area contributed by atoms with Crippen molar-refractivity contribution in [2.24, 2.45) is 0 Å². The zero-order valence-electron chi connectivity index (χ0n) is 13.8. The fourth-order valence-electron chi connectivity index (χ4n) is 2.79. The first-order chi connectivity index (χ1) is 11.5. The van der Waals surface area contributed by atoms with Crippen LogP contribution in [0.25, 0.3) is 10.9 Å². The van der Waals surface area contributed by atoms with E-state index in [1.54, 1.807) is 13.0 Å². The summed E-state index contributed by atoms with van der Waals surface area (Å²) in [4.78, 5) is 19.8. The Morgan fingerprint density at radius 3 is 2.88 bits per heavy atom. The third kappa shape index (κ3) is 3.15. The molecule has 0 saturated carbocycles. The lowest BCUT2D eigenvalue weighted by Gasteiger charge is -2.13. The van der Waals surface area contributed by atoms with Crippen molar-refractivity contribution in [2.45, 2.75) is 39.7 Å². The number of hydrogen-bond acceptors (Lipinski definition) is 4. The maximum Gasteiger partial charge on any atom is 0.225 e. The molecule has 0 saturated heterocycles. The molecular formula is C17H19FN4O2. The number of aromatic nitrogens is 3. The molecule has 1 amide bonds. The summed E-state index contributed by atoms with van der Waals surface area (Å²) in [5.74, 6) is 0.431. The maximum absolute atomic E-state index is 13.5. The van der Waals surface area contributed by atoms with E-state index in [0.29, 0.717) is 18.1 Å². The number of rotatable bonds is 5. The van der Waals surface area contributed by atoms with Crippen LogP contribution in [0.1, 0.15) is 42.4 Å². The van der Waals surface area contributed by atoms with Crippen molar-refractivity contribution in [2.75, 3.05) is 0 Å². The Bertz CT molecular complexity index is 884. The molecule has 0 aliphatic carbocycles. The molecule has 0 unspecified atom stereocenters. The average molecular weight is 330 g/mol. The van der Waals surface area contributed by atoms with Crippen LogP contribution in [-0.2, 0) is 11.2 Å². The summed E-state index contributed by atoms with van der Waals surface area (Å²) in [5.41, 5.74) is 2.47. The molecule has 0 aliphatic rings. The third-order valence-electron chi connectivity index (χ3n) is 4.02. The fraction of sp³-hybridized carbons (Fsp3) is 0.353. The lowest BCUT2D eigenvalue weighted by Crippen LogP contribution is -2.30. The second kappa shape index (κ2) is 6.43. The third-order valence-corrected chi connectivity index (χ3v) is 4.02. The minimum Gasteiger partial charge on any atom is -0.358 e. The van der Waals surface area contributed by atoms with Gasteiger partial charge in [0, 0.05) is 23.5 Å². The molecule has 0 radical (unpaired) electrons. The Balaban J connectivity index is 1.79. The predicted octanol–water partition coefficient (Wildman–Crippen LogP) is 3.12. The number of halogens is 1. The largest absolute Gasteiger partial charge is 0.358 e. The lowest BCUT2D eigenvalue weighted by molar-refractivity contribution is -0.121. The smallest absolute Gasteiger partial charge is 0.225 e. The molecule has 0 spiro atoms. The molecular weight excluding hydrogens is 311 g/mol. The summed E-state index contributed by atoms with van der Waals surface area (Å²) in [6.45, 7) is 5.51. The second-order valence-electron chi connectivity index (χ2n) is 5.80. The SMILES string of the molecule is CC[C@H](NC(=O)Cc1c(C)[nH]c2ccc(F)cc12)c1noc(C)n1. The molecule has 1 aromatic carbocycles. The van der Waals surface area contributed by atoms with Gasteiger partial charge in [-0.2, -0.15) is 4.98 Å². The molecule has 2 N–H and O–H groups in total. The van der Waals surface area contributed by atoms with Gasteiger partial charge >= 0.3 is 0 Å². The van der Waals surface area contributed by atoms with Gasteiger partial charge in [-0.15, -0.1) is 0 Å². The van der Waals surface area contributed by atoms with E-state index in [2.05, 4.69) is 20.4 Å². The highest BCUT2D eigenvalue weighted by Gasteiger charge is 2.20. The van der Waals surface area contributed by atoms with Crippen molar-refractivity contribution in [3.05, 3.63) is 47.0 Å². The highest BCUT2D eigenvalue weighted by molar-refractivity contribution is 5.90. The number of aryl methyl sites for hydroxylation is 2. The average Bonchev–Trinajstić information content (AvgIpc) is 3.09. The summed E-state index contributed by atoms with van der Waals surface area (Å²) < 4.78 is 18.5. The van der Waals surface area contributed by atoms with Crippen LogP contribution in [0, 0.1) is 19.7 Å². The van der Waals surface area contributed by atoms with Crippen LogP contribution in [0.15, 0.2) is 22.7 Å². The lowest BCUT2D eigenvalue weighted by atomic mass is 10.1. The van der Waals surface area contributed by atoms with E-state index in [0.717, 1.165) is 22.2 Å². The summed E-state index contributed by atoms with van der Waals surface area (Å²) in [5, 5.41) is 7.50. The van der Waals surface area contributed by atoms with Crippen LogP contribution in [0.2, 0.25) is 0 Å². The molecule has 126 valence electrons. The molecule has 0 fully saturated rings. The van der Waals surface area contributed by atoms with Gasteiger partial charge in [-0.05, 0) is 37.1 Å². The molecule has 0 aliphatic heterocycles. The zero-order chi connectivity index (χ0) is 17.3. The van der Waals surface area contributed by atoms with Crippen LogP contribution in [0.4, 0.5) is 4.39 Å². The maximum atomic E-state index is 13.5. The standard InChI is InChI=1S/C17H19FN4O2/c1-4-14(17-20-10(3)24-22-17)21-16(23)8-12-9(2)19-15-6-5-11(18)7-13(12)15/h5-7,14,19H,4,8H2,1-3H3,(H,21,23)/t14-/m0/s1. The van der Waals surface area contributed by atoms with E-state index >= 15 is 0 Å². The fourth-order valence-corrected chi connectivity index (χ4v) is 2.79. The van der Waals surface area contributed by atoms with Gasteiger partial charge in [-0.1, -0.05) is 12.1 Å². The van der Waals surface area contributed by atoms with Crippen molar-refractivity contribution in [3.63, 3.8) is 0 Å². The number of carbonyl (C=O) groups is 1. The van der Waals surface area contributed by atoms with Crippen LogP contribution in [-0.4, -0.2) is 21.0 Å². The number of aromatic amines is 1. The van der Waals surface area contributed by atoms with Crippen molar-refractivity contribution in [3.8, 4) is 0 Å². The molecule has 3 aromatic rings. The topological polar surface area (TPSA) is 83.8 Å². The molecule has 3 rings (SSSR count). The first-order valence-corrected chi connectivity index (χ1v) is 7.84. The number of fused-ring (bicyclic) bond motifs is 1. The number of hydrogen-bond donors (Lipinski definition) is 2. The van der Waals surface area contributed by atoms with E-state index in [1.165, 1.54) is 12.1 Å². The quantitative estimate of drug-likeness (QED) is 0.753. The summed E-state index contributed by atoms with van der Waals surface area (Å²) in [7, 11) is 0. The number of H-pyrrole nitrogens is 1. The van der Waals surface area contributed by atoms with E-state index in [9.17, 15) is 9.18 Å². The van der Waals surface area contributed by atoms with E-state index in [4.69, 9.17) is 4.52 Å². The van der Waals surface area contributed by atoms with E-state index < -0.39 is 0 Å². The van der Waals surface area contributed by atoms with Gasteiger partial charge in [0.15, 0.2) is 5.82 Å². The predicted molar refractivity (Wildman–Crippen MR) is 86.9 cm³/mol. The second-order valence-corrected chi connectivity index (χ2v) is 5.80. The van der Waals surface area contributed by atoms with Gasteiger partial charge < -0.3 is 14.8 Å². The monoisotopic (exact) mass is 330 g/mol. The van der Waals surface area contributed by atoms with Gasteiger partial charge in [0.25, 0.3) is 0 Å². The van der Waals surface area contributed by atoms with Gasteiger partial charge in [-0.3, -0.25) is 4.79 Å². The minimum atomic E-state index is -0.322. The Hall–Kier alpha value is -2.70.